The SMILES string of the molecule is CN=C(NCc1ccc(Cl)cc1)NCC1(c2cc(C)ccc2OC)CCOCC1. The van der Waals surface area contributed by atoms with Crippen LogP contribution in [0.5, 0.6) is 5.75 Å². The number of aliphatic imine (C=N–C) groups is 1. The second kappa shape index (κ2) is 9.99. The molecule has 0 amide bonds. The van der Waals surface area contributed by atoms with E-state index >= 15 is 0 Å². The quantitative estimate of drug-likeness (QED) is 0.551. The molecule has 1 aliphatic heterocycles. The second-order valence-corrected chi connectivity index (χ2v) is 7.94. The molecule has 0 atom stereocenters. The number of methoxy groups -OCH3 is 1. The first-order valence-electron chi connectivity index (χ1n) is 9.98. The molecule has 1 heterocycles. The summed E-state index contributed by atoms with van der Waals surface area (Å²) in [7, 11) is 3.53. The van der Waals surface area contributed by atoms with Gasteiger partial charge in [0.2, 0.25) is 0 Å². The zero-order valence-electron chi connectivity index (χ0n) is 17.4. The molecule has 2 N–H and O–H groups in total. The highest BCUT2D eigenvalue weighted by Gasteiger charge is 2.37. The van der Waals surface area contributed by atoms with Gasteiger partial charge in [-0.1, -0.05) is 41.4 Å². The molecule has 29 heavy (non-hydrogen) atoms. The zero-order valence-corrected chi connectivity index (χ0v) is 18.2. The van der Waals surface area contributed by atoms with Crippen LogP contribution in [0.15, 0.2) is 47.5 Å². The first kappa shape index (κ1) is 21.5. The van der Waals surface area contributed by atoms with E-state index in [2.05, 4.69) is 40.7 Å². The van der Waals surface area contributed by atoms with Crippen molar-refractivity contribution in [2.45, 2.75) is 31.7 Å². The van der Waals surface area contributed by atoms with Crippen LogP contribution in [0.1, 0.15) is 29.5 Å². The number of aryl methyl sites for hydroxylation is 1. The highest BCUT2D eigenvalue weighted by Crippen LogP contribution is 2.40. The fourth-order valence-electron chi connectivity index (χ4n) is 3.80. The molecule has 2 aromatic carbocycles. The van der Waals surface area contributed by atoms with Crippen LogP contribution in [0.25, 0.3) is 0 Å². The summed E-state index contributed by atoms with van der Waals surface area (Å²) in [6.07, 6.45) is 1.88. The first-order valence-corrected chi connectivity index (χ1v) is 10.4. The Balaban J connectivity index is 1.73. The van der Waals surface area contributed by atoms with Gasteiger partial charge in [-0.3, -0.25) is 4.99 Å². The van der Waals surface area contributed by atoms with E-state index in [1.165, 1.54) is 11.1 Å². The molecule has 5 nitrogen and oxygen atoms in total. The van der Waals surface area contributed by atoms with Crippen molar-refractivity contribution >= 4 is 17.6 Å². The average Bonchev–Trinajstić information content (AvgIpc) is 2.75. The summed E-state index contributed by atoms with van der Waals surface area (Å²) in [5, 5.41) is 7.66. The van der Waals surface area contributed by atoms with Crippen LogP contribution in [-0.2, 0) is 16.7 Å². The summed E-state index contributed by atoms with van der Waals surface area (Å²) >= 11 is 5.97. The topological polar surface area (TPSA) is 54.9 Å². The van der Waals surface area contributed by atoms with Crippen LogP contribution in [0.3, 0.4) is 0 Å². The Morgan fingerprint density at radius 2 is 1.86 bits per heavy atom. The van der Waals surface area contributed by atoms with Gasteiger partial charge < -0.3 is 20.1 Å². The third-order valence-electron chi connectivity index (χ3n) is 5.57. The molecule has 0 bridgehead atoms. The third kappa shape index (κ3) is 5.43. The van der Waals surface area contributed by atoms with Gasteiger partial charge in [0.15, 0.2) is 5.96 Å². The van der Waals surface area contributed by atoms with E-state index in [4.69, 9.17) is 21.1 Å². The maximum absolute atomic E-state index is 5.97. The molecule has 0 aliphatic carbocycles. The van der Waals surface area contributed by atoms with E-state index in [0.717, 1.165) is 54.9 Å². The van der Waals surface area contributed by atoms with Crippen molar-refractivity contribution in [3.8, 4) is 5.75 Å². The molecule has 2 aromatic rings. The summed E-state index contributed by atoms with van der Waals surface area (Å²) in [6, 6.07) is 14.2. The number of hydrogen-bond donors (Lipinski definition) is 2. The van der Waals surface area contributed by atoms with E-state index in [0.29, 0.717) is 6.54 Å². The van der Waals surface area contributed by atoms with Crippen LogP contribution in [0, 0.1) is 6.92 Å². The number of hydrogen-bond acceptors (Lipinski definition) is 3. The maximum Gasteiger partial charge on any atom is 0.191 e. The molecule has 6 heteroatoms. The molecule has 1 saturated heterocycles. The van der Waals surface area contributed by atoms with Crippen molar-refractivity contribution in [2.24, 2.45) is 4.99 Å². The van der Waals surface area contributed by atoms with Gasteiger partial charge in [-0.25, -0.2) is 0 Å². The van der Waals surface area contributed by atoms with Crippen LogP contribution in [0.4, 0.5) is 0 Å². The van der Waals surface area contributed by atoms with Gasteiger partial charge in [0.05, 0.1) is 7.11 Å². The Morgan fingerprint density at radius 3 is 2.52 bits per heavy atom. The van der Waals surface area contributed by atoms with Gasteiger partial charge >= 0.3 is 0 Å². The van der Waals surface area contributed by atoms with Crippen molar-refractivity contribution in [3.05, 3.63) is 64.2 Å². The number of benzene rings is 2. The molecular weight excluding hydrogens is 386 g/mol. The Hall–Kier alpha value is -2.24. The summed E-state index contributed by atoms with van der Waals surface area (Å²) in [6.45, 7) is 5.05. The zero-order chi connectivity index (χ0) is 20.7. The summed E-state index contributed by atoms with van der Waals surface area (Å²) < 4.78 is 11.4. The van der Waals surface area contributed by atoms with E-state index < -0.39 is 0 Å². The predicted octanol–water partition coefficient (Wildman–Crippen LogP) is 4.07. The molecule has 156 valence electrons. The standard InChI is InChI=1S/C23H30ClN3O2/c1-17-4-9-21(28-3)20(14-17)23(10-12-29-13-11-23)16-27-22(25-2)26-15-18-5-7-19(24)8-6-18/h4-9,14H,10-13,15-16H2,1-3H3,(H2,25,26,27). The maximum atomic E-state index is 5.97. The van der Waals surface area contributed by atoms with Crippen molar-refractivity contribution in [3.63, 3.8) is 0 Å². The number of guanidine groups is 1. The molecule has 0 unspecified atom stereocenters. The lowest BCUT2D eigenvalue weighted by molar-refractivity contribution is 0.0505. The third-order valence-corrected chi connectivity index (χ3v) is 5.82. The fourth-order valence-corrected chi connectivity index (χ4v) is 3.93. The van der Waals surface area contributed by atoms with Gasteiger partial charge in [0, 0.05) is 49.4 Å². The molecule has 0 radical (unpaired) electrons. The lowest BCUT2D eigenvalue weighted by Gasteiger charge is -2.39. The number of nitrogens with zero attached hydrogens (tertiary/aromatic N) is 1. The summed E-state index contributed by atoms with van der Waals surface area (Å²) in [5.74, 6) is 1.71. The minimum absolute atomic E-state index is 0.0620. The first-order chi connectivity index (χ1) is 14.1. The molecule has 1 aliphatic rings. The highest BCUT2D eigenvalue weighted by molar-refractivity contribution is 6.30. The van der Waals surface area contributed by atoms with Gasteiger partial charge in [0.25, 0.3) is 0 Å². The Morgan fingerprint density at radius 1 is 1.14 bits per heavy atom. The minimum Gasteiger partial charge on any atom is -0.496 e. The molecule has 1 fully saturated rings. The van der Waals surface area contributed by atoms with Crippen LogP contribution >= 0.6 is 11.6 Å². The Bertz CT molecular complexity index is 831. The fraction of sp³-hybridized carbons (Fsp3) is 0.435. The number of rotatable bonds is 6. The number of halogens is 1. The second-order valence-electron chi connectivity index (χ2n) is 7.50. The van der Waals surface area contributed by atoms with Crippen LogP contribution < -0.4 is 15.4 Å². The summed E-state index contributed by atoms with van der Waals surface area (Å²) in [5.41, 5.74) is 3.56. The van der Waals surface area contributed by atoms with Gasteiger partial charge in [0.1, 0.15) is 5.75 Å². The average molecular weight is 416 g/mol. The normalized spacial score (nSPS) is 16.3. The van der Waals surface area contributed by atoms with Crippen molar-refractivity contribution < 1.29 is 9.47 Å². The van der Waals surface area contributed by atoms with Crippen LogP contribution in [-0.4, -0.2) is 39.9 Å². The number of nitrogens with one attached hydrogen (secondary N) is 2. The predicted molar refractivity (Wildman–Crippen MR) is 119 cm³/mol. The highest BCUT2D eigenvalue weighted by atomic mass is 35.5. The van der Waals surface area contributed by atoms with E-state index in [1.807, 2.05) is 24.3 Å². The Kier molecular flexibility index (Phi) is 7.40. The monoisotopic (exact) mass is 415 g/mol. The smallest absolute Gasteiger partial charge is 0.191 e. The van der Waals surface area contributed by atoms with E-state index in [9.17, 15) is 0 Å². The molecule has 0 aromatic heterocycles. The molecule has 0 saturated carbocycles. The van der Waals surface area contributed by atoms with Gasteiger partial charge in [-0.15, -0.1) is 0 Å². The lowest BCUT2D eigenvalue weighted by Crippen LogP contribution is -2.48. The van der Waals surface area contributed by atoms with Crippen molar-refractivity contribution in [1.82, 2.24) is 10.6 Å². The van der Waals surface area contributed by atoms with Crippen molar-refractivity contribution in [2.75, 3.05) is 33.9 Å². The summed E-state index contributed by atoms with van der Waals surface area (Å²) in [4.78, 5) is 4.40. The molecule has 3 rings (SSSR count). The van der Waals surface area contributed by atoms with E-state index in [-0.39, 0.29) is 5.41 Å². The lowest BCUT2D eigenvalue weighted by atomic mass is 9.73. The van der Waals surface area contributed by atoms with Crippen LogP contribution in [0.2, 0.25) is 5.02 Å². The van der Waals surface area contributed by atoms with E-state index in [1.54, 1.807) is 14.2 Å². The molecular formula is C23H30ClN3O2. The minimum atomic E-state index is -0.0620. The van der Waals surface area contributed by atoms with Gasteiger partial charge in [-0.05, 0) is 43.5 Å². The number of ether oxygens (including phenoxy) is 2. The van der Waals surface area contributed by atoms with Gasteiger partial charge in [-0.2, -0.15) is 0 Å². The van der Waals surface area contributed by atoms with Crippen molar-refractivity contribution in [1.29, 1.82) is 0 Å². The largest absolute Gasteiger partial charge is 0.496 e. The molecule has 0 spiro atoms. The Labute approximate surface area is 178 Å².